The summed E-state index contributed by atoms with van der Waals surface area (Å²) in [5.41, 5.74) is 0.647. The minimum absolute atomic E-state index is 0.270. The average Bonchev–Trinajstić information content (AvgIpc) is 2.91. The molecule has 1 aliphatic heterocycles. The number of halogens is 1. The largest absolute Gasteiger partial charge is 0.459 e. The van der Waals surface area contributed by atoms with Gasteiger partial charge < -0.3 is 9.84 Å². The minimum Gasteiger partial charge on any atom is -0.459 e. The third-order valence-electron chi connectivity index (χ3n) is 5.06. The smallest absolute Gasteiger partial charge is 0.335 e. The Bertz CT molecular complexity index is 600. The number of ether oxygens (including phenoxy) is 1. The molecule has 124 valence electrons. The highest BCUT2D eigenvalue weighted by atomic mass is 35.5. The van der Waals surface area contributed by atoms with Gasteiger partial charge in [0.25, 0.3) is 0 Å². The average molecular weight is 335 g/mol. The second-order valence-corrected chi connectivity index (χ2v) is 7.38. The molecule has 1 aromatic rings. The maximum Gasteiger partial charge on any atom is 0.335 e. The van der Waals surface area contributed by atoms with Crippen LogP contribution in [0.4, 0.5) is 0 Å². The Morgan fingerprint density at radius 3 is 2.61 bits per heavy atom. The molecule has 1 heterocycles. The molecule has 1 N–H and O–H groups in total. The molecule has 0 aromatic heterocycles. The standard InChI is InChI=1S/C19H23ClO3/c1-13-7-9-19(22,10-8-13)12-15-11-16(18(21)23-15)17(20)14-5-3-2-4-6-14/h2-6,13,15,22H,7-12H2,1H3/b17-16-. The topological polar surface area (TPSA) is 46.5 Å². The van der Waals surface area contributed by atoms with Gasteiger partial charge in [0.1, 0.15) is 6.10 Å². The number of aliphatic hydroxyl groups is 1. The van der Waals surface area contributed by atoms with Gasteiger partial charge >= 0.3 is 5.97 Å². The van der Waals surface area contributed by atoms with Crippen molar-refractivity contribution in [3.8, 4) is 0 Å². The van der Waals surface area contributed by atoms with Crippen LogP contribution in [0.3, 0.4) is 0 Å². The van der Waals surface area contributed by atoms with Gasteiger partial charge in [-0.05, 0) is 37.2 Å². The fraction of sp³-hybridized carbons (Fsp3) is 0.526. The van der Waals surface area contributed by atoms with E-state index in [4.69, 9.17) is 16.3 Å². The van der Waals surface area contributed by atoms with Crippen LogP contribution < -0.4 is 0 Å². The molecule has 1 unspecified atom stereocenters. The van der Waals surface area contributed by atoms with Gasteiger partial charge in [0.05, 0.1) is 16.2 Å². The van der Waals surface area contributed by atoms with Crippen LogP contribution in [0.2, 0.25) is 0 Å². The first-order chi connectivity index (χ1) is 11.0. The summed E-state index contributed by atoms with van der Waals surface area (Å²) in [6.45, 7) is 2.22. The van der Waals surface area contributed by atoms with E-state index in [0.717, 1.165) is 31.2 Å². The predicted octanol–water partition coefficient (Wildman–Crippen LogP) is 4.28. The normalized spacial score (nSPS) is 33.4. The van der Waals surface area contributed by atoms with E-state index in [1.54, 1.807) is 0 Å². The molecule has 1 saturated carbocycles. The minimum atomic E-state index is -0.702. The second-order valence-electron chi connectivity index (χ2n) is 7.00. The fourth-order valence-corrected chi connectivity index (χ4v) is 3.83. The van der Waals surface area contributed by atoms with E-state index in [1.807, 2.05) is 30.3 Å². The molecular formula is C19H23ClO3. The van der Waals surface area contributed by atoms with Gasteiger partial charge in [-0.1, -0.05) is 48.9 Å². The maximum absolute atomic E-state index is 12.2. The molecule has 2 fully saturated rings. The van der Waals surface area contributed by atoms with E-state index in [1.165, 1.54) is 0 Å². The zero-order valence-electron chi connectivity index (χ0n) is 13.4. The highest BCUT2D eigenvalue weighted by Gasteiger charge is 2.39. The predicted molar refractivity (Wildman–Crippen MR) is 90.9 cm³/mol. The van der Waals surface area contributed by atoms with Crippen LogP contribution in [0.15, 0.2) is 35.9 Å². The van der Waals surface area contributed by atoms with Gasteiger partial charge in [-0.3, -0.25) is 0 Å². The molecule has 1 aromatic carbocycles. The SMILES string of the molecule is CC1CCC(O)(CC2C/C(=C(/Cl)c3ccccc3)C(=O)O2)CC1. The number of cyclic esters (lactones) is 1. The second kappa shape index (κ2) is 6.66. The Morgan fingerprint density at radius 1 is 1.30 bits per heavy atom. The molecule has 23 heavy (non-hydrogen) atoms. The first kappa shape index (κ1) is 16.5. The number of rotatable bonds is 3. The fourth-order valence-electron chi connectivity index (χ4n) is 3.55. The third-order valence-corrected chi connectivity index (χ3v) is 5.50. The summed E-state index contributed by atoms with van der Waals surface area (Å²) in [7, 11) is 0. The van der Waals surface area contributed by atoms with Crippen molar-refractivity contribution in [2.24, 2.45) is 5.92 Å². The van der Waals surface area contributed by atoms with Crippen LogP contribution in [0.25, 0.3) is 5.03 Å². The first-order valence-corrected chi connectivity index (χ1v) is 8.72. The number of carbonyl (C=O) groups excluding carboxylic acids is 1. The van der Waals surface area contributed by atoms with E-state index in [2.05, 4.69) is 6.92 Å². The van der Waals surface area contributed by atoms with E-state index in [0.29, 0.717) is 29.4 Å². The summed E-state index contributed by atoms with van der Waals surface area (Å²) in [6.07, 6.45) is 4.35. The molecule has 1 atom stereocenters. The molecule has 0 spiro atoms. The monoisotopic (exact) mass is 334 g/mol. The maximum atomic E-state index is 12.2. The van der Waals surface area contributed by atoms with E-state index in [-0.39, 0.29) is 12.1 Å². The summed E-state index contributed by atoms with van der Waals surface area (Å²) >= 11 is 6.39. The lowest BCUT2D eigenvalue weighted by Gasteiger charge is -2.36. The van der Waals surface area contributed by atoms with Crippen molar-refractivity contribution >= 4 is 22.6 Å². The molecule has 4 heteroatoms. The summed E-state index contributed by atoms with van der Waals surface area (Å²) in [6, 6.07) is 9.45. The number of hydrogen-bond donors (Lipinski definition) is 1. The number of benzene rings is 1. The van der Waals surface area contributed by atoms with Gasteiger partial charge in [0.2, 0.25) is 0 Å². The van der Waals surface area contributed by atoms with Crippen LogP contribution in [0.1, 0.15) is 51.0 Å². The van der Waals surface area contributed by atoms with Gasteiger partial charge in [0.15, 0.2) is 0 Å². The van der Waals surface area contributed by atoms with Gasteiger partial charge in [0, 0.05) is 12.8 Å². The van der Waals surface area contributed by atoms with Crippen LogP contribution in [0, 0.1) is 5.92 Å². The lowest BCUT2D eigenvalue weighted by atomic mass is 9.76. The lowest BCUT2D eigenvalue weighted by molar-refractivity contribution is -0.141. The number of carbonyl (C=O) groups is 1. The summed E-state index contributed by atoms with van der Waals surface area (Å²) < 4.78 is 5.47. The number of hydrogen-bond acceptors (Lipinski definition) is 3. The molecule has 3 rings (SSSR count). The molecule has 2 aliphatic rings. The highest BCUT2D eigenvalue weighted by molar-refractivity contribution is 6.51. The van der Waals surface area contributed by atoms with E-state index >= 15 is 0 Å². The lowest BCUT2D eigenvalue weighted by Crippen LogP contribution is -2.37. The summed E-state index contributed by atoms with van der Waals surface area (Å²) in [4.78, 5) is 12.2. The van der Waals surface area contributed by atoms with E-state index in [9.17, 15) is 9.90 Å². The van der Waals surface area contributed by atoms with Crippen LogP contribution >= 0.6 is 11.6 Å². The Morgan fingerprint density at radius 2 is 1.96 bits per heavy atom. The quantitative estimate of drug-likeness (QED) is 0.662. The number of esters is 1. The van der Waals surface area contributed by atoms with Crippen molar-refractivity contribution in [3.05, 3.63) is 41.5 Å². The van der Waals surface area contributed by atoms with Crippen LogP contribution in [0.5, 0.6) is 0 Å². The first-order valence-electron chi connectivity index (χ1n) is 8.34. The van der Waals surface area contributed by atoms with Crippen molar-refractivity contribution in [1.29, 1.82) is 0 Å². The Balaban J connectivity index is 1.70. The molecule has 3 nitrogen and oxygen atoms in total. The van der Waals surface area contributed by atoms with Crippen molar-refractivity contribution in [3.63, 3.8) is 0 Å². The Kier molecular flexibility index (Phi) is 4.79. The molecular weight excluding hydrogens is 312 g/mol. The molecule has 0 bridgehead atoms. The van der Waals surface area contributed by atoms with Crippen molar-refractivity contribution in [2.45, 2.75) is 57.2 Å². The van der Waals surface area contributed by atoms with E-state index < -0.39 is 5.60 Å². The third kappa shape index (κ3) is 3.78. The van der Waals surface area contributed by atoms with Crippen LogP contribution in [-0.4, -0.2) is 22.8 Å². The van der Waals surface area contributed by atoms with Gasteiger partial charge in [-0.15, -0.1) is 0 Å². The molecule has 1 aliphatic carbocycles. The van der Waals surface area contributed by atoms with Gasteiger partial charge in [-0.2, -0.15) is 0 Å². The summed E-state index contributed by atoms with van der Waals surface area (Å²) in [5.74, 6) is 0.320. The Hall–Kier alpha value is -1.32. The molecule has 1 saturated heterocycles. The van der Waals surface area contributed by atoms with Gasteiger partial charge in [-0.25, -0.2) is 4.79 Å². The highest BCUT2D eigenvalue weighted by Crippen LogP contribution is 2.39. The van der Waals surface area contributed by atoms with Crippen LogP contribution in [-0.2, 0) is 9.53 Å². The Labute approximate surface area is 142 Å². The molecule has 0 radical (unpaired) electrons. The zero-order chi connectivity index (χ0) is 16.4. The van der Waals surface area contributed by atoms with Crippen molar-refractivity contribution in [1.82, 2.24) is 0 Å². The van der Waals surface area contributed by atoms with Crippen molar-refractivity contribution < 1.29 is 14.6 Å². The summed E-state index contributed by atoms with van der Waals surface area (Å²) in [5, 5.41) is 11.2. The zero-order valence-corrected chi connectivity index (χ0v) is 14.2. The van der Waals surface area contributed by atoms with Crippen molar-refractivity contribution in [2.75, 3.05) is 0 Å². The molecule has 0 amide bonds.